The number of aromatic nitrogens is 3. The molecule has 0 N–H and O–H groups in total. The second kappa shape index (κ2) is 10.3. The van der Waals surface area contributed by atoms with E-state index in [-0.39, 0.29) is 5.91 Å². The van der Waals surface area contributed by atoms with Crippen molar-refractivity contribution in [3.8, 4) is 5.69 Å². The van der Waals surface area contributed by atoms with Crippen LogP contribution in [0, 0.1) is 0 Å². The highest BCUT2D eigenvalue weighted by Crippen LogP contribution is 2.29. The van der Waals surface area contributed by atoms with Crippen LogP contribution in [0.25, 0.3) is 5.69 Å². The van der Waals surface area contributed by atoms with Gasteiger partial charge in [0.25, 0.3) is 0 Å². The Labute approximate surface area is 188 Å². The number of aryl methyl sites for hydroxylation is 1. The lowest BCUT2D eigenvalue weighted by Gasteiger charge is -2.28. The zero-order valence-corrected chi connectivity index (χ0v) is 19.2. The van der Waals surface area contributed by atoms with E-state index in [1.165, 1.54) is 23.0 Å². The molecule has 2 aliphatic rings. The molecule has 0 bridgehead atoms. The summed E-state index contributed by atoms with van der Waals surface area (Å²) in [6.07, 6.45) is 6.35. The van der Waals surface area contributed by atoms with E-state index in [4.69, 9.17) is 4.74 Å². The van der Waals surface area contributed by atoms with Gasteiger partial charge in [-0.05, 0) is 50.3 Å². The monoisotopic (exact) mass is 441 g/mol. The minimum absolute atomic E-state index is 0.130. The lowest BCUT2D eigenvalue weighted by Crippen LogP contribution is -2.38. The predicted molar refractivity (Wildman–Crippen MR) is 124 cm³/mol. The van der Waals surface area contributed by atoms with E-state index in [0.717, 1.165) is 55.6 Å². The van der Waals surface area contributed by atoms with E-state index in [0.29, 0.717) is 25.5 Å². The molecule has 31 heavy (non-hydrogen) atoms. The lowest BCUT2D eigenvalue weighted by atomic mass is 10.1. The van der Waals surface area contributed by atoms with Crippen molar-refractivity contribution in [3.05, 3.63) is 41.6 Å². The highest BCUT2D eigenvalue weighted by atomic mass is 32.2. The molecule has 1 aromatic carbocycles. The van der Waals surface area contributed by atoms with Gasteiger partial charge in [0.05, 0.1) is 24.7 Å². The molecule has 1 aromatic heterocycles. The van der Waals surface area contributed by atoms with Gasteiger partial charge in [-0.1, -0.05) is 36.9 Å². The molecule has 0 spiro atoms. The summed E-state index contributed by atoms with van der Waals surface area (Å²) in [5.74, 6) is 1.29. The number of ether oxygens (including phenoxy) is 1. The molecule has 0 saturated carbocycles. The maximum absolute atomic E-state index is 13.0. The number of rotatable bonds is 8. The Bertz CT molecular complexity index is 936. The molecule has 2 heterocycles. The molecule has 7 nitrogen and oxygen atoms in total. The van der Waals surface area contributed by atoms with Gasteiger partial charge < -0.3 is 14.5 Å². The normalized spacial score (nSPS) is 16.5. The summed E-state index contributed by atoms with van der Waals surface area (Å²) in [5, 5.41) is 9.75. The number of hydrogen-bond donors (Lipinski definition) is 0. The number of thioether (sulfide) groups is 1. The minimum atomic E-state index is 0.130. The first kappa shape index (κ1) is 21.9. The number of nitrogens with zero attached hydrogens (tertiary/aromatic N) is 5. The SMILES string of the molecule is CCc1cccc(-n2c(SCC(=O)N(CC)C3=CCCC3)nnc2N2CCOCC2)c1. The van der Waals surface area contributed by atoms with Gasteiger partial charge in [-0.3, -0.25) is 9.36 Å². The molecule has 4 rings (SSSR count). The molecule has 1 aliphatic carbocycles. The molecule has 0 atom stereocenters. The molecule has 0 unspecified atom stereocenters. The lowest BCUT2D eigenvalue weighted by molar-refractivity contribution is -0.126. The third-order valence-corrected chi connectivity index (χ3v) is 6.71. The fourth-order valence-corrected chi connectivity index (χ4v) is 4.93. The van der Waals surface area contributed by atoms with E-state index in [9.17, 15) is 4.79 Å². The van der Waals surface area contributed by atoms with Crippen LogP contribution in [0.3, 0.4) is 0 Å². The first-order chi connectivity index (χ1) is 15.2. The van der Waals surface area contributed by atoms with Gasteiger partial charge in [-0.15, -0.1) is 10.2 Å². The summed E-state index contributed by atoms with van der Waals surface area (Å²) >= 11 is 1.46. The van der Waals surface area contributed by atoms with Crippen LogP contribution in [0.2, 0.25) is 0 Å². The van der Waals surface area contributed by atoms with Crippen molar-refractivity contribution in [2.24, 2.45) is 0 Å². The molecule has 8 heteroatoms. The van der Waals surface area contributed by atoms with Gasteiger partial charge in [-0.25, -0.2) is 0 Å². The Morgan fingerprint density at radius 1 is 1.23 bits per heavy atom. The van der Waals surface area contributed by atoms with Gasteiger partial charge in [-0.2, -0.15) is 0 Å². The first-order valence-electron chi connectivity index (χ1n) is 11.2. The summed E-state index contributed by atoms with van der Waals surface area (Å²) in [6.45, 7) is 7.83. The number of morpholine rings is 1. The van der Waals surface area contributed by atoms with Crippen molar-refractivity contribution in [1.82, 2.24) is 19.7 Å². The first-order valence-corrected chi connectivity index (χ1v) is 12.2. The van der Waals surface area contributed by atoms with Gasteiger partial charge in [0.2, 0.25) is 11.9 Å². The van der Waals surface area contributed by atoms with Crippen LogP contribution in [0.1, 0.15) is 38.7 Å². The third-order valence-electron chi connectivity index (χ3n) is 5.79. The van der Waals surface area contributed by atoms with E-state index in [1.807, 2.05) is 11.8 Å². The summed E-state index contributed by atoms with van der Waals surface area (Å²) in [5.41, 5.74) is 3.46. The second-order valence-electron chi connectivity index (χ2n) is 7.76. The highest BCUT2D eigenvalue weighted by molar-refractivity contribution is 7.99. The fourth-order valence-electron chi connectivity index (χ4n) is 4.11. The maximum Gasteiger partial charge on any atom is 0.237 e. The number of anilines is 1. The Balaban J connectivity index is 1.59. The van der Waals surface area contributed by atoms with Crippen LogP contribution in [-0.4, -0.2) is 64.2 Å². The zero-order valence-electron chi connectivity index (χ0n) is 18.4. The van der Waals surface area contributed by atoms with Gasteiger partial charge >= 0.3 is 0 Å². The summed E-state index contributed by atoms with van der Waals surface area (Å²) in [7, 11) is 0. The standard InChI is InChI=1S/C23H31N5O2S/c1-3-18-8-7-11-20(16-18)28-22(26-12-14-30-15-13-26)24-25-23(28)31-17-21(29)27(4-2)19-9-5-6-10-19/h7-9,11,16H,3-6,10,12-15,17H2,1-2H3. The number of carbonyl (C=O) groups excluding carboxylic acids is 1. The van der Waals surface area contributed by atoms with Crippen molar-refractivity contribution < 1.29 is 9.53 Å². The van der Waals surface area contributed by atoms with Gasteiger partial charge in [0, 0.05) is 25.3 Å². The molecule has 1 amide bonds. The average molecular weight is 442 g/mol. The number of hydrogen-bond acceptors (Lipinski definition) is 6. The second-order valence-corrected chi connectivity index (χ2v) is 8.70. The Hall–Kier alpha value is -2.32. The molecule has 166 valence electrons. The highest BCUT2D eigenvalue weighted by Gasteiger charge is 2.24. The Morgan fingerprint density at radius 2 is 2.06 bits per heavy atom. The quantitative estimate of drug-likeness (QED) is 0.583. The molecular formula is C23H31N5O2S. The van der Waals surface area contributed by atoms with Crippen molar-refractivity contribution in [3.63, 3.8) is 0 Å². The van der Waals surface area contributed by atoms with E-state index in [1.54, 1.807) is 0 Å². The van der Waals surface area contributed by atoms with Crippen LogP contribution in [0.15, 0.2) is 41.2 Å². The number of allylic oxidation sites excluding steroid dienone is 2. The van der Waals surface area contributed by atoms with Gasteiger partial charge in [0.15, 0.2) is 5.16 Å². The maximum atomic E-state index is 13.0. The molecule has 1 aliphatic heterocycles. The molecule has 0 radical (unpaired) electrons. The number of benzene rings is 1. The molecule has 1 fully saturated rings. The van der Waals surface area contributed by atoms with Crippen LogP contribution in [0.4, 0.5) is 5.95 Å². The van der Waals surface area contributed by atoms with Crippen LogP contribution in [0.5, 0.6) is 0 Å². The van der Waals surface area contributed by atoms with E-state index in [2.05, 4.69) is 56.9 Å². The predicted octanol–water partition coefficient (Wildman–Crippen LogP) is 3.67. The van der Waals surface area contributed by atoms with E-state index >= 15 is 0 Å². The molecular weight excluding hydrogens is 410 g/mol. The summed E-state index contributed by atoms with van der Waals surface area (Å²) < 4.78 is 7.61. The Morgan fingerprint density at radius 3 is 2.77 bits per heavy atom. The Kier molecular flexibility index (Phi) is 7.29. The van der Waals surface area contributed by atoms with Crippen LogP contribution >= 0.6 is 11.8 Å². The summed E-state index contributed by atoms with van der Waals surface area (Å²) in [4.78, 5) is 17.1. The largest absolute Gasteiger partial charge is 0.378 e. The van der Waals surface area contributed by atoms with Crippen molar-refractivity contribution in [2.75, 3.05) is 43.5 Å². The van der Waals surface area contributed by atoms with Gasteiger partial charge in [0.1, 0.15) is 0 Å². The average Bonchev–Trinajstić information content (AvgIpc) is 3.49. The van der Waals surface area contributed by atoms with Crippen LogP contribution < -0.4 is 4.90 Å². The number of amides is 1. The van der Waals surface area contributed by atoms with Crippen LogP contribution in [-0.2, 0) is 16.0 Å². The minimum Gasteiger partial charge on any atom is -0.378 e. The molecule has 1 saturated heterocycles. The third kappa shape index (κ3) is 4.96. The van der Waals surface area contributed by atoms with Crippen molar-refractivity contribution in [1.29, 1.82) is 0 Å². The number of carbonyl (C=O) groups is 1. The smallest absolute Gasteiger partial charge is 0.237 e. The van der Waals surface area contributed by atoms with Crippen molar-refractivity contribution >= 4 is 23.6 Å². The fraction of sp³-hybridized carbons (Fsp3) is 0.522. The van der Waals surface area contributed by atoms with Crippen molar-refractivity contribution in [2.45, 2.75) is 44.7 Å². The van der Waals surface area contributed by atoms with E-state index < -0.39 is 0 Å². The zero-order chi connectivity index (χ0) is 21.6. The molecule has 2 aromatic rings. The summed E-state index contributed by atoms with van der Waals surface area (Å²) in [6, 6.07) is 8.47. The topological polar surface area (TPSA) is 63.5 Å².